The van der Waals surface area contributed by atoms with Crippen LogP contribution in [0.4, 0.5) is 0 Å². The fourth-order valence-electron chi connectivity index (χ4n) is 5.96. The molecule has 1 aliphatic rings. The first-order valence-corrected chi connectivity index (χ1v) is 14.2. The Morgan fingerprint density at radius 2 is 1.38 bits per heavy atom. The van der Waals surface area contributed by atoms with Crippen molar-refractivity contribution in [2.75, 3.05) is 14.2 Å². The molecular formula is C28H38O5Si. The number of esters is 2. The fraction of sp³-hybridized carbons (Fsp3) is 0.500. The van der Waals surface area contributed by atoms with E-state index in [0.29, 0.717) is 6.42 Å². The normalized spacial score (nSPS) is 22.3. The van der Waals surface area contributed by atoms with Gasteiger partial charge in [-0.1, -0.05) is 98.7 Å². The molecule has 0 bridgehead atoms. The SMILES string of the molecule is CCC1(C)OC(C[Si](c2ccccc2)(c2ccccc2)C(C)(C)C)CC1(C(=O)OC)C(=O)OC. The monoisotopic (exact) mass is 482 g/mol. The van der Waals surface area contributed by atoms with Gasteiger partial charge in [-0.2, -0.15) is 0 Å². The molecule has 2 atom stereocenters. The highest BCUT2D eigenvalue weighted by molar-refractivity contribution is 7.04. The Hall–Kier alpha value is -2.44. The zero-order valence-electron chi connectivity index (χ0n) is 21.5. The van der Waals surface area contributed by atoms with Crippen molar-refractivity contribution in [3.05, 3.63) is 60.7 Å². The highest BCUT2D eigenvalue weighted by Crippen LogP contribution is 2.53. The van der Waals surface area contributed by atoms with Crippen molar-refractivity contribution in [2.24, 2.45) is 5.41 Å². The van der Waals surface area contributed by atoms with E-state index in [1.54, 1.807) is 0 Å². The molecule has 0 saturated carbocycles. The van der Waals surface area contributed by atoms with Crippen LogP contribution in [0.5, 0.6) is 0 Å². The Labute approximate surface area is 204 Å². The zero-order chi connectivity index (χ0) is 25.2. The molecular weight excluding hydrogens is 444 g/mol. The molecule has 1 saturated heterocycles. The second kappa shape index (κ2) is 9.66. The first kappa shape index (κ1) is 26.2. The van der Waals surface area contributed by atoms with E-state index in [0.717, 1.165) is 6.04 Å². The Morgan fingerprint density at radius 3 is 1.74 bits per heavy atom. The number of methoxy groups -OCH3 is 2. The Balaban J connectivity index is 2.20. The van der Waals surface area contributed by atoms with Crippen LogP contribution >= 0.6 is 0 Å². The standard InChI is InChI=1S/C28H38O5Si/c1-8-27(5)28(24(29)31-6,25(30)32-7)19-21(33-27)20-34(26(2,3)4,22-15-11-9-12-16-22)23-17-13-10-14-18-23/h9-18,21H,8,19-20H2,1-7H3. The highest BCUT2D eigenvalue weighted by Gasteiger charge is 2.68. The molecule has 5 nitrogen and oxygen atoms in total. The second-order valence-electron chi connectivity index (χ2n) is 10.5. The largest absolute Gasteiger partial charge is 0.468 e. The predicted octanol–water partition coefficient (Wildman–Crippen LogP) is 4.34. The molecule has 1 aliphatic heterocycles. The van der Waals surface area contributed by atoms with Crippen LogP contribution in [0.1, 0.15) is 47.5 Å². The maximum absolute atomic E-state index is 13.2. The van der Waals surface area contributed by atoms with E-state index in [1.807, 2.05) is 26.0 Å². The quantitative estimate of drug-likeness (QED) is 0.334. The van der Waals surface area contributed by atoms with Crippen LogP contribution in [0, 0.1) is 5.41 Å². The lowest BCUT2D eigenvalue weighted by Crippen LogP contribution is -2.65. The van der Waals surface area contributed by atoms with Crippen LogP contribution in [0.3, 0.4) is 0 Å². The van der Waals surface area contributed by atoms with Crippen molar-refractivity contribution in [2.45, 2.75) is 70.2 Å². The average molecular weight is 483 g/mol. The number of rotatable bonds is 7. The summed E-state index contributed by atoms with van der Waals surface area (Å²) in [5, 5.41) is 2.55. The third-order valence-corrected chi connectivity index (χ3v) is 14.2. The van der Waals surface area contributed by atoms with Gasteiger partial charge in [0.1, 0.15) is 8.07 Å². The van der Waals surface area contributed by atoms with Gasteiger partial charge < -0.3 is 14.2 Å². The van der Waals surface area contributed by atoms with Crippen molar-refractivity contribution in [3.63, 3.8) is 0 Å². The Morgan fingerprint density at radius 1 is 0.941 bits per heavy atom. The Bertz CT molecular complexity index is 943. The maximum atomic E-state index is 13.2. The van der Waals surface area contributed by atoms with Gasteiger partial charge in [-0.05, 0) is 24.4 Å². The van der Waals surface area contributed by atoms with E-state index in [-0.39, 0.29) is 17.6 Å². The minimum absolute atomic E-state index is 0.0660. The van der Waals surface area contributed by atoms with Crippen LogP contribution in [-0.2, 0) is 23.8 Å². The topological polar surface area (TPSA) is 61.8 Å². The smallest absolute Gasteiger partial charge is 0.326 e. The molecule has 0 N–H and O–H groups in total. The van der Waals surface area contributed by atoms with Gasteiger partial charge in [0.05, 0.1) is 25.9 Å². The molecule has 184 valence electrons. The second-order valence-corrected chi connectivity index (χ2v) is 15.4. The van der Waals surface area contributed by atoms with Crippen LogP contribution in [0.15, 0.2) is 60.7 Å². The van der Waals surface area contributed by atoms with Gasteiger partial charge in [0.15, 0.2) is 5.41 Å². The Kier molecular flexibility index (Phi) is 7.44. The lowest BCUT2D eigenvalue weighted by atomic mass is 9.70. The number of ether oxygens (including phenoxy) is 3. The summed E-state index contributed by atoms with van der Waals surface area (Å²) in [6, 6.07) is 22.0. The number of carbonyl (C=O) groups excluding carboxylic acids is 2. The van der Waals surface area contributed by atoms with Crippen molar-refractivity contribution in [3.8, 4) is 0 Å². The van der Waals surface area contributed by atoms with Crippen molar-refractivity contribution >= 4 is 30.4 Å². The zero-order valence-corrected chi connectivity index (χ0v) is 22.5. The summed E-state index contributed by atoms with van der Waals surface area (Å²) in [6.07, 6.45) is 0.407. The molecule has 0 radical (unpaired) electrons. The summed E-state index contributed by atoms with van der Waals surface area (Å²) in [5.74, 6) is -1.18. The van der Waals surface area contributed by atoms with Crippen LogP contribution in [0.2, 0.25) is 11.1 Å². The molecule has 34 heavy (non-hydrogen) atoms. The summed E-state index contributed by atoms with van der Waals surface area (Å²) in [4.78, 5) is 26.3. The molecule has 1 heterocycles. The lowest BCUT2D eigenvalue weighted by molar-refractivity contribution is -0.182. The van der Waals surface area contributed by atoms with Gasteiger partial charge in [0, 0.05) is 6.42 Å². The van der Waals surface area contributed by atoms with Gasteiger partial charge in [-0.3, -0.25) is 9.59 Å². The molecule has 3 rings (SSSR count). The van der Waals surface area contributed by atoms with Crippen molar-refractivity contribution in [1.29, 1.82) is 0 Å². The highest BCUT2D eigenvalue weighted by atomic mass is 28.3. The predicted molar refractivity (Wildman–Crippen MR) is 137 cm³/mol. The lowest BCUT2D eigenvalue weighted by Gasteiger charge is -2.45. The molecule has 2 aromatic carbocycles. The van der Waals surface area contributed by atoms with Gasteiger partial charge >= 0.3 is 11.9 Å². The molecule has 2 unspecified atom stereocenters. The minimum Gasteiger partial charge on any atom is -0.468 e. The van der Waals surface area contributed by atoms with Gasteiger partial charge in [-0.25, -0.2) is 0 Å². The van der Waals surface area contributed by atoms with E-state index >= 15 is 0 Å². The van der Waals surface area contributed by atoms with E-state index < -0.39 is 31.0 Å². The minimum atomic E-state index is -2.47. The van der Waals surface area contributed by atoms with E-state index in [9.17, 15) is 9.59 Å². The number of benzene rings is 2. The van der Waals surface area contributed by atoms with Crippen LogP contribution < -0.4 is 10.4 Å². The van der Waals surface area contributed by atoms with Crippen molar-refractivity contribution < 1.29 is 23.8 Å². The third-order valence-electron chi connectivity index (χ3n) is 7.95. The summed E-state index contributed by atoms with van der Waals surface area (Å²) in [7, 11) is 0.165. The van der Waals surface area contributed by atoms with Gasteiger partial charge in [0.25, 0.3) is 0 Å². The molecule has 1 fully saturated rings. The maximum Gasteiger partial charge on any atom is 0.326 e. The first-order valence-electron chi connectivity index (χ1n) is 12.0. The summed E-state index contributed by atoms with van der Waals surface area (Å²) < 4.78 is 17.0. The summed E-state index contributed by atoms with van der Waals surface area (Å²) in [6.45, 7) is 10.7. The van der Waals surface area contributed by atoms with Gasteiger partial charge in [0.2, 0.25) is 0 Å². The number of carbonyl (C=O) groups is 2. The average Bonchev–Trinajstić information content (AvgIpc) is 3.15. The van der Waals surface area contributed by atoms with E-state index in [1.165, 1.54) is 24.6 Å². The van der Waals surface area contributed by atoms with Crippen molar-refractivity contribution in [1.82, 2.24) is 0 Å². The van der Waals surface area contributed by atoms with Gasteiger partial charge in [-0.15, -0.1) is 0 Å². The first-order chi connectivity index (χ1) is 16.0. The molecule has 6 heteroatoms. The summed E-state index contributed by atoms with van der Waals surface area (Å²) >= 11 is 0. The third kappa shape index (κ3) is 4.01. The van der Waals surface area contributed by atoms with E-state index in [2.05, 4.69) is 69.3 Å². The number of hydrogen-bond acceptors (Lipinski definition) is 5. The molecule has 0 amide bonds. The fourth-order valence-corrected chi connectivity index (χ4v) is 11.5. The molecule has 2 aromatic rings. The van der Waals surface area contributed by atoms with E-state index in [4.69, 9.17) is 14.2 Å². The summed E-state index contributed by atoms with van der Waals surface area (Å²) in [5.41, 5.74) is -2.52. The van der Waals surface area contributed by atoms with Crippen LogP contribution in [-0.4, -0.2) is 45.9 Å². The number of hydrogen-bond donors (Lipinski definition) is 0. The molecule has 0 aromatic heterocycles. The molecule has 0 spiro atoms. The molecule has 0 aliphatic carbocycles. The van der Waals surface area contributed by atoms with Crippen LogP contribution in [0.25, 0.3) is 0 Å².